The number of benzene rings is 2. The van der Waals surface area contributed by atoms with Crippen molar-refractivity contribution < 1.29 is 14.3 Å². The Hall–Kier alpha value is -3.02. The summed E-state index contributed by atoms with van der Waals surface area (Å²) in [7, 11) is 1.58. The molecule has 3 rings (SSSR count). The molecular formula is C20H23N3O3. The van der Waals surface area contributed by atoms with Crippen molar-refractivity contribution in [2.45, 2.75) is 26.2 Å². The Balaban J connectivity index is 1.67. The van der Waals surface area contributed by atoms with Crippen LogP contribution >= 0.6 is 0 Å². The molecule has 1 heterocycles. The van der Waals surface area contributed by atoms with Crippen molar-refractivity contribution in [3.05, 3.63) is 48.0 Å². The van der Waals surface area contributed by atoms with Crippen molar-refractivity contribution in [2.75, 3.05) is 29.2 Å². The fourth-order valence-corrected chi connectivity index (χ4v) is 3.09. The van der Waals surface area contributed by atoms with E-state index >= 15 is 0 Å². The highest BCUT2D eigenvalue weighted by Crippen LogP contribution is 2.27. The molecule has 2 aromatic rings. The van der Waals surface area contributed by atoms with Crippen LogP contribution in [0.4, 0.5) is 21.9 Å². The second-order valence-corrected chi connectivity index (χ2v) is 6.31. The number of amides is 3. The van der Waals surface area contributed by atoms with Crippen LogP contribution in [0, 0.1) is 6.92 Å². The Kier molecular flexibility index (Phi) is 5.41. The van der Waals surface area contributed by atoms with Gasteiger partial charge >= 0.3 is 6.03 Å². The predicted octanol–water partition coefficient (Wildman–Crippen LogP) is 4.16. The van der Waals surface area contributed by atoms with Gasteiger partial charge in [0.05, 0.1) is 7.11 Å². The lowest BCUT2D eigenvalue weighted by atomic mass is 10.1. The number of urea groups is 1. The van der Waals surface area contributed by atoms with Crippen LogP contribution in [0.25, 0.3) is 0 Å². The number of piperidine rings is 1. The first-order valence-corrected chi connectivity index (χ1v) is 8.70. The smallest absolute Gasteiger partial charge is 0.323 e. The SMILES string of the molecule is COc1cccc(NC(=O)Nc2ccc(N3CCCCC3=O)c(C)c2)c1. The summed E-state index contributed by atoms with van der Waals surface area (Å²) in [6, 6.07) is 12.4. The minimum atomic E-state index is -0.334. The average Bonchev–Trinajstić information content (AvgIpc) is 2.63. The molecule has 0 saturated carbocycles. The van der Waals surface area contributed by atoms with Gasteiger partial charge in [0.1, 0.15) is 5.75 Å². The molecule has 2 N–H and O–H groups in total. The van der Waals surface area contributed by atoms with Crippen molar-refractivity contribution in [1.29, 1.82) is 0 Å². The fraction of sp³-hybridized carbons (Fsp3) is 0.300. The van der Waals surface area contributed by atoms with Gasteiger partial charge in [-0.1, -0.05) is 6.07 Å². The van der Waals surface area contributed by atoms with E-state index in [2.05, 4.69) is 10.6 Å². The quantitative estimate of drug-likeness (QED) is 0.867. The molecule has 0 unspecified atom stereocenters. The third-order valence-corrected chi connectivity index (χ3v) is 4.40. The Bertz CT molecular complexity index is 820. The lowest BCUT2D eigenvalue weighted by Crippen LogP contribution is -2.35. The lowest BCUT2D eigenvalue weighted by Gasteiger charge is -2.28. The first kappa shape index (κ1) is 17.8. The summed E-state index contributed by atoms with van der Waals surface area (Å²) < 4.78 is 5.15. The van der Waals surface area contributed by atoms with Crippen LogP contribution < -0.4 is 20.3 Å². The Morgan fingerprint density at radius 2 is 1.85 bits per heavy atom. The number of nitrogens with one attached hydrogen (secondary N) is 2. The summed E-state index contributed by atoms with van der Waals surface area (Å²) in [6.07, 6.45) is 2.58. The van der Waals surface area contributed by atoms with Gasteiger partial charge < -0.3 is 20.3 Å². The summed E-state index contributed by atoms with van der Waals surface area (Å²) in [5.41, 5.74) is 3.19. The lowest BCUT2D eigenvalue weighted by molar-refractivity contribution is -0.119. The topological polar surface area (TPSA) is 70.7 Å². The van der Waals surface area contributed by atoms with Gasteiger partial charge in [0.25, 0.3) is 0 Å². The molecule has 0 radical (unpaired) electrons. The highest BCUT2D eigenvalue weighted by Gasteiger charge is 2.21. The number of aryl methyl sites for hydroxylation is 1. The molecule has 0 aromatic heterocycles. The van der Waals surface area contributed by atoms with Gasteiger partial charge in [-0.05, 0) is 55.7 Å². The van der Waals surface area contributed by atoms with E-state index in [1.165, 1.54) is 0 Å². The zero-order valence-corrected chi connectivity index (χ0v) is 15.0. The van der Waals surface area contributed by atoms with Crippen molar-refractivity contribution >= 4 is 29.0 Å². The molecule has 2 aromatic carbocycles. The van der Waals surface area contributed by atoms with Crippen LogP contribution in [0.15, 0.2) is 42.5 Å². The van der Waals surface area contributed by atoms with Gasteiger partial charge in [-0.2, -0.15) is 0 Å². The average molecular weight is 353 g/mol. The second kappa shape index (κ2) is 7.91. The first-order chi connectivity index (χ1) is 12.6. The molecule has 6 nitrogen and oxygen atoms in total. The number of methoxy groups -OCH3 is 1. The van der Waals surface area contributed by atoms with Gasteiger partial charge in [0, 0.05) is 36.1 Å². The van der Waals surface area contributed by atoms with Crippen LogP contribution in [0.3, 0.4) is 0 Å². The molecule has 0 aliphatic carbocycles. The molecule has 6 heteroatoms. The molecule has 0 atom stereocenters. The number of rotatable bonds is 4. The highest BCUT2D eigenvalue weighted by molar-refractivity contribution is 6.00. The normalized spacial score (nSPS) is 14.1. The van der Waals surface area contributed by atoms with Crippen molar-refractivity contribution in [3.63, 3.8) is 0 Å². The number of nitrogens with zero attached hydrogens (tertiary/aromatic N) is 1. The Morgan fingerprint density at radius 3 is 2.54 bits per heavy atom. The van der Waals surface area contributed by atoms with Crippen LogP contribution in [-0.2, 0) is 4.79 Å². The summed E-state index contributed by atoms with van der Waals surface area (Å²) in [6.45, 7) is 2.70. The number of carbonyl (C=O) groups is 2. The van der Waals surface area contributed by atoms with Gasteiger partial charge in [-0.25, -0.2) is 4.79 Å². The van der Waals surface area contributed by atoms with Gasteiger partial charge in [-0.15, -0.1) is 0 Å². The minimum Gasteiger partial charge on any atom is -0.497 e. The van der Waals surface area contributed by atoms with Crippen LogP contribution in [0.2, 0.25) is 0 Å². The predicted molar refractivity (Wildman–Crippen MR) is 103 cm³/mol. The van der Waals surface area contributed by atoms with E-state index in [-0.39, 0.29) is 11.9 Å². The van der Waals surface area contributed by atoms with Crippen molar-refractivity contribution in [3.8, 4) is 5.75 Å². The van der Waals surface area contributed by atoms with E-state index < -0.39 is 0 Å². The molecule has 1 saturated heterocycles. The molecule has 3 amide bonds. The second-order valence-electron chi connectivity index (χ2n) is 6.31. The van der Waals surface area contributed by atoms with Crippen LogP contribution in [0.1, 0.15) is 24.8 Å². The number of hydrogen-bond donors (Lipinski definition) is 2. The van der Waals surface area contributed by atoms with Crippen LogP contribution in [-0.4, -0.2) is 25.6 Å². The summed E-state index contributed by atoms with van der Waals surface area (Å²) >= 11 is 0. The Labute approximate surface area is 153 Å². The molecule has 136 valence electrons. The van der Waals surface area contributed by atoms with E-state index in [1.54, 1.807) is 19.2 Å². The third-order valence-electron chi connectivity index (χ3n) is 4.40. The number of hydrogen-bond acceptors (Lipinski definition) is 3. The van der Waals surface area contributed by atoms with Crippen molar-refractivity contribution in [1.82, 2.24) is 0 Å². The first-order valence-electron chi connectivity index (χ1n) is 8.70. The zero-order chi connectivity index (χ0) is 18.5. The molecular weight excluding hydrogens is 330 g/mol. The maximum atomic E-state index is 12.2. The third kappa shape index (κ3) is 4.14. The van der Waals surface area contributed by atoms with Crippen molar-refractivity contribution in [2.24, 2.45) is 0 Å². The summed E-state index contributed by atoms with van der Waals surface area (Å²) in [4.78, 5) is 26.1. The van der Waals surface area contributed by atoms with E-state index in [4.69, 9.17) is 4.74 Å². The molecule has 0 bridgehead atoms. The maximum Gasteiger partial charge on any atom is 0.323 e. The Morgan fingerprint density at radius 1 is 1.08 bits per heavy atom. The van der Waals surface area contributed by atoms with E-state index in [1.807, 2.05) is 42.2 Å². The number of carbonyl (C=O) groups excluding carboxylic acids is 2. The largest absolute Gasteiger partial charge is 0.497 e. The van der Waals surface area contributed by atoms with E-state index in [0.29, 0.717) is 23.5 Å². The molecule has 1 aliphatic rings. The highest BCUT2D eigenvalue weighted by atomic mass is 16.5. The standard InChI is InChI=1S/C20H23N3O3/c1-14-12-16(9-10-18(14)23-11-4-3-8-19(23)24)22-20(25)21-15-6-5-7-17(13-15)26-2/h5-7,9-10,12-13H,3-4,8,11H2,1-2H3,(H2,21,22,25). The molecule has 1 aliphatic heterocycles. The number of anilines is 3. The molecule has 0 spiro atoms. The van der Waals surface area contributed by atoms with Gasteiger partial charge in [-0.3, -0.25) is 4.79 Å². The van der Waals surface area contributed by atoms with Gasteiger partial charge in [0.2, 0.25) is 5.91 Å². The summed E-state index contributed by atoms with van der Waals surface area (Å²) in [5.74, 6) is 0.838. The minimum absolute atomic E-state index is 0.163. The fourth-order valence-electron chi connectivity index (χ4n) is 3.09. The van der Waals surface area contributed by atoms with Gasteiger partial charge in [0.15, 0.2) is 0 Å². The number of ether oxygens (including phenoxy) is 1. The maximum absolute atomic E-state index is 12.2. The molecule has 26 heavy (non-hydrogen) atoms. The van der Waals surface area contributed by atoms with E-state index in [9.17, 15) is 9.59 Å². The monoisotopic (exact) mass is 353 g/mol. The van der Waals surface area contributed by atoms with Crippen LogP contribution in [0.5, 0.6) is 5.75 Å². The molecule has 1 fully saturated rings. The zero-order valence-electron chi connectivity index (χ0n) is 15.0. The van der Waals surface area contributed by atoms with E-state index in [0.717, 1.165) is 30.6 Å². The summed E-state index contributed by atoms with van der Waals surface area (Å²) in [5, 5.41) is 5.59.